The minimum absolute atomic E-state index is 0.177. The maximum atomic E-state index is 13.7. The number of thiazole rings is 1. The van der Waals surface area contributed by atoms with Gasteiger partial charge in [0.2, 0.25) is 0 Å². The summed E-state index contributed by atoms with van der Waals surface area (Å²) >= 11 is 1.28. The second-order valence-electron chi connectivity index (χ2n) is 4.28. The first kappa shape index (κ1) is 12.7. The van der Waals surface area contributed by atoms with Gasteiger partial charge in [0.1, 0.15) is 16.6 Å². The highest BCUT2D eigenvalue weighted by atomic mass is 32.1. The van der Waals surface area contributed by atoms with E-state index in [9.17, 15) is 8.78 Å². The van der Waals surface area contributed by atoms with E-state index in [2.05, 4.69) is 4.98 Å². The SMILES string of the molecule is Nc1ccc(-c2csc(-c3cc(F)ccc3F)n2)cc1. The largest absolute Gasteiger partial charge is 0.399 e. The standard InChI is InChI=1S/C15H10F2N2S/c16-10-3-6-13(17)12(7-10)15-19-14(8-20-15)9-1-4-11(18)5-2-9/h1-8H,18H2. The first-order valence-corrected chi connectivity index (χ1v) is 6.78. The van der Waals surface area contributed by atoms with Crippen molar-refractivity contribution in [2.75, 3.05) is 5.73 Å². The number of hydrogen-bond donors (Lipinski definition) is 1. The summed E-state index contributed by atoms with van der Waals surface area (Å²) in [7, 11) is 0. The van der Waals surface area contributed by atoms with Crippen LogP contribution in [0.15, 0.2) is 47.8 Å². The van der Waals surface area contributed by atoms with Crippen molar-refractivity contribution in [3.05, 3.63) is 59.5 Å². The van der Waals surface area contributed by atoms with Gasteiger partial charge in [0.25, 0.3) is 0 Å². The second kappa shape index (κ2) is 5.02. The molecule has 0 fully saturated rings. The van der Waals surface area contributed by atoms with Gasteiger partial charge in [-0.3, -0.25) is 0 Å². The van der Waals surface area contributed by atoms with Gasteiger partial charge in [-0.2, -0.15) is 0 Å². The zero-order valence-corrected chi connectivity index (χ0v) is 11.1. The normalized spacial score (nSPS) is 10.7. The molecule has 100 valence electrons. The molecule has 20 heavy (non-hydrogen) atoms. The first-order valence-electron chi connectivity index (χ1n) is 5.90. The Bertz CT molecular complexity index is 751. The fourth-order valence-corrected chi connectivity index (χ4v) is 2.69. The van der Waals surface area contributed by atoms with Gasteiger partial charge < -0.3 is 5.73 Å². The van der Waals surface area contributed by atoms with E-state index in [1.165, 1.54) is 11.3 Å². The van der Waals surface area contributed by atoms with E-state index in [4.69, 9.17) is 5.73 Å². The van der Waals surface area contributed by atoms with Crippen LogP contribution in [0.3, 0.4) is 0 Å². The molecule has 0 unspecified atom stereocenters. The minimum Gasteiger partial charge on any atom is -0.399 e. The van der Waals surface area contributed by atoms with Crippen LogP contribution in [0.5, 0.6) is 0 Å². The number of aromatic nitrogens is 1. The highest BCUT2D eigenvalue weighted by Crippen LogP contribution is 2.31. The summed E-state index contributed by atoms with van der Waals surface area (Å²) in [4.78, 5) is 4.35. The Morgan fingerprint density at radius 2 is 1.75 bits per heavy atom. The van der Waals surface area contributed by atoms with E-state index in [0.717, 1.165) is 23.8 Å². The molecule has 0 bridgehead atoms. The molecule has 5 heteroatoms. The molecule has 2 aromatic carbocycles. The van der Waals surface area contributed by atoms with Crippen molar-refractivity contribution in [1.82, 2.24) is 4.98 Å². The quantitative estimate of drug-likeness (QED) is 0.712. The maximum Gasteiger partial charge on any atom is 0.133 e. The molecule has 0 saturated carbocycles. The monoisotopic (exact) mass is 288 g/mol. The third kappa shape index (κ3) is 2.40. The Balaban J connectivity index is 2.01. The fraction of sp³-hybridized carbons (Fsp3) is 0. The Morgan fingerprint density at radius 3 is 2.50 bits per heavy atom. The third-order valence-electron chi connectivity index (χ3n) is 2.87. The van der Waals surface area contributed by atoms with Gasteiger partial charge in [0.05, 0.1) is 5.69 Å². The van der Waals surface area contributed by atoms with Crippen LogP contribution in [0.2, 0.25) is 0 Å². The lowest BCUT2D eigenvalue weighted by Crippen LogP contribution is -1.87. The van der Waals surface area contributed by atoms with Crippen LogP contribution in [-0.4, -0.2) is 4.98 Å². The van der Waals surface area contributed by atoms with Gasteiger partial charge in [0.15, 0.2) is 0 Å². The molecule has 1 aromatic heterocycles. The summed E-state index contributed by atoms with van der Waals surface area (Å²) in [6.07, 6.45) is 0. The first-order chi connectivity index (χ1) is 9.63. The molecule has 0 amide bonds. The molecule has 0 atom stereocenters. The van der Waals surface area contributed by atoms with Crippen molar-refractivity contribution in [3.8, 4) is 21.8 Å². The number of benzene rings is 2. The lowest BCUT2D eigenvalue weighted by molar-refractivity contribution is 0.603. The van der Waals surface area contributed by atoms with Crippen molar-refractivity contribution < 1.29 is 8.78 Å². The van der Waals surface area contributed by atoms with Gasteiger partial charge in [-0.15, -0.1) is 11.3 Å². The van der Waals surface area contributed by atoms with Crippen molar-refractivity contribution in [1.29, 1.82) is 0 Å². The zero-order valence-electron chi connectivity index (χ0n) is 10.3. The molecule has 3 rings (SSSR count). The third-order valence-corrected chi connectivity index (χ3v) is 3.75. The Morgan fingerprint density at radius 1 is 1.00 bits per heavy atom. The van der Waals surface area contributed by atoms with Crippen LogP contribution in [0.1, 0.15) is 0 Å². The average molecular weight is 288 g/mol. The fourth-order valence-electron chi connectivity index (χ4n) is 1.85. The maximum absolute atomic E-state index is 13.7. The van der Waals surface area contributed by atoms with E-state index in [-0.39, 0.29) is 5.56 Å². The number of anilines is 1. The minimum atomic E-state index is -0.482. The molecule has 0 radical (unpaired) electrons. The van der Waals surface area contributed by atoms with E-state index in [1.807, 2.05) is 17.5 Å². The van der Waals surface area contributed by atoms with Gasteiger partial charge in [-0.1, -0.05) is 12.1 Å². The van der Waals surface area contributed by atoms with Gasteiger partial charge in [0, 0.05) is 22.2 Å². The highest BCUT2D eigenvalue weighted by molar-refractivity contribution is 7.13. The van der Waals surface area contributed by atoms with Crippen molar-refractivity contribution in [2.24, 2.45) is 0 Å². The highest BCUT2D eigenvalue weighted by Gasteiger charge is 2.11. The summed E-state index contributed by atoms with van der Waals surface area (Å²) in [6, 6.07) is 10.6. The van der Waals surface area contributed by atoms with Crippen molar-refractivity contribution in [2.45, 2.75) is 0 Å². The van der Waals surface area contributed by atoms with E-state index in [0.29, 0.717) is 16.4 Å². The van der Waals surface area contributed by atoms with Crippen LogP contribution in [0.25, 0.3) is 21.8 Å². The van der Waals surface area contributed by atoms with Crippen molar-refractivity contribution in [3.63, 3.8) is 0 Å². The number of nitrogen functional groups attached to an aromatic ring is 1. The van der Waals surface area contributed by atoms with Gasteiger partial charge >= 0.3 is 0 Å². The van der Waals surface area contributed by atoms with Crippen molar-refractivity contribution >= 4 is 17.0 Å². The Kier molecular flexibility index (Phi) is 3.20. The van der Waals surface area contributed by atoms with Crippen LogP contribution in [0.4, 0.5) is 14.5 Å². The lowest BCUT2D eigenvalue weighted by Gasteiger charge is -1.99. The van der Waals surface area contributed by atoms with Crippen LogP contribution < -0.4 is 5.73 Å². The second-order valence-corrected chi connectivity index (χ2v) is 5.14. The number of nitrogens with zero attached hydrogens (tertiary/aromatic N) is 1. The van der Waals surface area contributed by atoms with Crippen LogP contribution >= 0.6 is 11.3 Å². The van der Waals surface area contributed by atoms with Crippen LogP contribution in [0, 0.1) is 11.6 Å². The van der Waals surface area contributed by atoms with Crippen LogP contribution in [-0.2, 0) is 0 Å². The molecule has 0 spiro atoms. The molecule has 2 N–H and O–H groups in total. The Hall–Kier alpha value is -2.27. The zero-order chi connectivity index (χ0) is 14.1. The van der Waals surface area contributed by atoms with Gasteiger partial charge in [-0.05, 0) is 30.3 Å². The van der Waals surface area contributed by atoms with Gasteiger partial charge in [-0.25, -0.2) is 13.8 Å². The number of nitrogens with two attached hydrogens (primary N) is 1. The van der Waals surface area contributed by atoms with E-state index in [1.54, 1.807) is 12.1 Å². The summed E-state index contributed by atoms with van der Waals surface area (Å²) in [6.45, 7) is 0. The Labute approximate surface area is 118 Å². The molecule has 0 aliphatic rings. The number of hydrogen-bond acceptors (Lipinski definition) is 3. The van der Waals surface area contributed by atoms with E-state index < -0.39 is 11.6 Å². The molecule has 0 aliphatic carbocycles. The predicted octanol–water partition coefficient (Wildman–Crippen LogP) is 4.34. The summed E-state index contributed by atoms with van der Waals surface area (Å²) in [5, 5.41) is 2.26. The lowest BCUT2D eigenvalue weighted by atomic mass is 10.1. The molecule has 3 aromatic rings. The predicted molar refractivity (Wildman–Crippen MR) is 77.3 cm³/mol. The molecule has 0 saturated heterocycles. The van der Waals surface area contributed by atoms with E-state index >= 15 is 0 Å². The number of halogens is 2. The smallest absolute Gasteiger partial charge is 0.133 e. The summed E-state index contributed by atoms with van der Waals surface area (Å²) in [5.74, 6) is -0.963. The topological polar surface area (TPSA) is 38.9 Å². The summed E-state index contributed by atoms with van der Waals surface area (Å²) in [5.41, 5.74) is 8.08. The summed E-state index contributed by atoms with van der Waals surface area (Å²) < 4.78 is 26.9. The average Bonchev–Trinajstić information content (AvgIpc) is 2.92. The molecule has 1 heterocycles. The molecular formula is C15H10F2N2S. The molecule has 2 nitrogen and oxygen atoms in total. The molecule has 0 aliphatic heterocycles. The molecular weight excluding hydrogens is 278 g/mol. The number of rotatable bonds is 2.